The van der Waals surface area contributed by atoms with Crippen LogP contribution in [0.15, 0.2) is 35.6 Å². The van der Waals surface area contributed by atoms with Crippen LogP contribution in [0.1, 0.15) is 23.2 Å². The second-order valence-electron chi connectivity index (χ2n) is 8.71. The van der Waals surface area contributed by atoms with Gasteiger partial charge in [-0.25, -0.2) is 17.6 Å². The summed E-state index contributed by atoms with van der Waals surface area (Å²) >= 11 is 1.64. The van der Waals surface area contributed by atoms with Crippen LogP contribution in [-0.4, -0.2) is 52.3 Å². The van der Waals surface area contributed by atoms with Gasteiger partial charge in [-0.2, -0.15) is 24.9 Å². The number of halogens is 7. The van der Waals surface area contributed by atoms with Crippen LogP contribution in [0.2, 0.25) is 0 Å². The zero-order valence-electron chi connectivity index (χ0n) is 17.7. The average molecular weight is 519 g/mol. The number of hydrogen-bond donors (Lipinski definition) is 0. The average Bonchev–Trinajstić information content (AvgIpc) is 3.21. The molecule has 1 amide bonds. The fraction of sp³-hybridized carbons (Fsp3) is 0.409. The van der Waals surface area contributed by atoms with Crippen molar-refractivity contribution >= 4 is 23.4 Å². The molecule has 0 bridgehead atoms. The molecule has 1 atom stereocenters. The topological polar surface area (TPSA) is 54.8 Å². The Kier molecular flexibility index (Phi) is 5.53. The van der Waals surface area contributed by atoms with E-state index in [0.29, 0.717) is 11.5 Å². The molecule has 3 aliphatic heterocycles. The van der Waals surface area contributed by atoms with Crippen molar-refractivity contribution < 1.29 is 40.4 Å². The maximum Gasteiger partial charge on any atom is 0.435 e. The molecule has 2 aromatic rings. The molecule has 13 heteroatoms. The number of alkyl halides is 4. The fourth-order valence-corrected chi connectivity index (χ4v) is 4.95. The van der Waals surface area contributed by atoms with Gasteiger partial charge < -0.3 is 9.74 Å². The summed E-state index contributed by atoms with van der Waals surface area (Å²) in [5, 5.41) is 3.45. The number of pyridine rings is 1. The third-order valence-electron chi connectivity index (χ3n) is 6.37. The van der Waals surface area contributed by atoms with Crippen molar-refractivity contribution in [1.29, 1.82) is 0 Å². The second kappa shape index (κ2) is 8.10. The molecule has 0 radical (unpaired) electrons. The number of nitrogens with zero attached hydrogens (tertiary/aromatic N) is 3. The van der Waals surface area contributed by atoms with Crippen LogP contribution in [0.5, 0.6) is 0 Å². The molecule has 35 heavy (non-hydrogen) atoms. The van der Waals surface area contributed by atoms with Gasteiger partial charge in [-0.05, 0) is 24.3 Å². The van der Waals surface area contributed by atoms with Gasteiger partial charge in [0.25, 0.3) is 5.60 Å². The Balaban J connectivity index is 1.34. The molecule has 2 saturated heterocycles. The number of likely N-dealkylation sites (tertiary alicyclic amines) is 1. The van der Waals surface area contributed by atoms with Crippen molar-refractivity contribution in [3.63, 3.8) is 0 Å². The van der Waals surface area contributed by atoms with Crippen LogP contribution in [0.4, 0.5) is 30.7 Å². The summed E-state index contributed by atoms with van der Waals surface area (Å²) in [7, 11) is 0. The Hall–Kier alpha value is -2.83. The van der Waals surface area contributed by atoms with Crippen LogP contribution in [0.25, 0.3) is 0 Å². The summed E-state index contributed by atoms with van der Waals surface area (Å²) < 4.78 is 97.8. The molecule has 1 aromatic carbocycles. The first-order chi connectivity index (χ1) is 16.4. The molecule has 1 unspecified atom stereocenters. The third-order valence-corrected chi connectivity index (χ3v) is 7.65. The maximum atomic E-state index is 15.2. The lowest BCUT2D eigenvalue weighted by molar-refractivity contribution is -0.276. The molecular weight excluding hydrogens is 503 g/mol. The summed E-state index contributed by atoms with van der Waals surface area (Å²) in [5.74, 6) is -4.30. The van der Waals surface area contributed by atoms with Crippen LogP contribution in [-0.2, 0) is 20.9 Å². The minimum absolute atomic E-state index is 0.0116. The number of thioether (sulfide) groups is 1. The predicted molar refractivity (Wildman–Crippen MR) is 111 cm³/mol. The summed E-state index contributed by atoms with van der Waals surface area (Å²) in [6.45, 7) is -0.329. The first-order valence-electron chi connectivity index (χ1n) is 10.4. The standard InChI is InChI=1S/C22H16F7N3O2S/c23-14-3-13(4-15(24)18(14)25)21(22(27,28)29)5-16(31-34-21)11-1-2-17(30-6-11)20(26)9-32(10-20)19(33)12-7-35-8-12/h1-4,6,12H,5,7-10H2. The zero-order chi connectivity index (χ0) is 25.2. The number of hydrogen-bond acceptors (Lipinski definition) is 5. The summed E-state index contributed by atoms with van der Waals surface area (Å²) in [4.78, 5) is 22.3. The quantitative estimate of drug-likeness (QED) is 0.443. The summed E-state index contributed by atoms with van der Waals surface area (Å²) in [6.07, 6.45) is -5.01. The molecule has 0 aliphatic carbocycles. The highest BCUT2D eigenvalue weighted by molar-refractivity contribution is 8.00. The van der Waals surface area contributed by atoms with Gasteiger partial charge in [-0.15, -0.1) is 0 Å². The lowest BCUT2D eigenvalue weighted by Gasteiger charge is -2.46. The van der Waals surface area contributed by atoms with E-state index in [2.05, 4.69) is 15.0 Å². The largest absolute Gasteiger partial charge is 0.435 e. The lowest BCUT2D eigenvalue weighted by atomic mass is 9.86. The van der Waals surface area contributed by atoms with E-state index in [-0.39, 0.29) is 54.0 Å². The highest BCUT2D eigenvalue weighted by Crippen LogP contribution is 2.49. The van der Waals surface area contributed by atoms with Gasteiger partial charge in [0.2, 0.25) is 5.91 Å². The molecule has 3 aliphatic rings. The number of amides is 1. The summed E-state index contributed by atoms with van der Waals surface area (Å²) in [6, 6.07) is 3.01. The molecule has 5 rings (SSSR count). The Morgan fingerprint density at radius 3 is 2.29 bits per heavy atom. The highest BCUT2D eigenvalue weighted by atomic mass is 32.2. The minimum Gasteiger partial charge on any atom is -0.374 e. The highest BCUT2D eigenvalue weighted by Gasteiger charge is 2.62. The Morgan fingerprint density at radius 2 is 1.77 bits per heavy atom. The zero-order valence-corrected chi connectivity index (χ0v) is 18.5. The molecule has 4 heterocycles. The van der Waals surface area contributed by atoms with E-state index in [1.165, 1.54) is 17.0 Å². The number of rotatable bonds is 4. The number of benzene rings is 1. The van der Waals surface area contributed by atoms with Crippen molar-refractivity contribution in [3.05, 3.63) is 64.7 Å². The van der Waals surface area contributed by atoms with E-state index >= 15 is 4.39 Å². The van der Waals surface area contributed by atoms with Crippen molar-refractivity contribution in [3.8, 4) is 0 Å². The number of oxime groups is 1. The van der Waals surface area contributed by atoms with Crippen molar-refractivity contribution in [2.24, 2.45) is 11.1 Å². The van der Waals surface area contributed by atoms with E-state index in [1.54, 1.807) is 11.8 Å². The first kappa shape index (κ1) is 23.9. The van der Waals surface area contributed by atoms with Gasteiger partial charge in [0.1, 0.15) is 0 Å². The van der Waals surface area contributed by atoms with Crippen LogP contribution >= 0.6 is 11.8 Å². The molecule has 186 valence electrons. The lowest BCUT2D eigenvalue weighted by Crippen LogP contribution is -2.61. The van der Waals surface area contributed by atoms with E-state index in [1.807, 2.05) is 0 Å². The van der Waals surface area contributed by atoms with Gasteiger partial charge in [0, 0.05) is 28.8 Å². The van der Waals surface area contributed by atoms with Crippen molar-refractivity contribution in [1.82, 2.24) is 9.88 Å². The van der Waals surface area contributed by atoms with Gasteiger partial charge in [0.15, 0.2) is 23.1 Å². The van der Waals surface area contributed by atoms with Gasteiger partial charge >= 0.3 is 6.18 Å². The number of carbonyl (C=O) groups is 1. The Morgan fingerprint density at radius 1 is 1.11 bits per heavy atom. The number of aromatic nitrogens is 1. The number of carbonyl (C=O) groups excluding carboxylic acids is 1. The first-order valence-corrected chi connectivity index (χ1v) is 11.6. The smallest absolute Gasteiger partial charge is 0.374 e. The molecule has 1 aromatic heterocycles. The van der Waals surface area contributed by atoms with E-state index in [9.17, 15) is 31.1 Å². The molecule has 0 N–H and O–H groups in total. The van der Waals surface area contributed by atoms with Crippen LogP contribution in [0, 0.1) is 23.4 Å². The van der Waals surface area contributed by atoms with Gasteiger partial charge in [-0.1, -0.05) is 5.16 Å². The maximum absolute atomic E-state index is 15.2. The second-order valence-corrected chi connectivity index (χ2v) is 9.79. The van der Waals surface area contributed by atoms with E-state index < -0.39 is 46.9 Å². The normalized spacial score (nSPS) is 23.9. The minimum atomic E-state index is -5.16. The summed E-state index contributed by atoms with van der Waals surface area (Å²) in [5.41, 5.74) is -6.27. The molecular formula is C22H16F7N3O2S. The molecule has 5 nitrogen and oxygen atoms in total. The fourth-order valence-electron chi connectivity index (χ4n) is 4.19. The molecule has 0 saturated carbocycles. The Labute approximate surface area is 198 Å². The predicted octanol–water partition coefficient (Wildman–Crippen LogP) is 4.45. The van der Waals surface area contributed by atoms with Crippen LogP contribution in [0.3, 0.4) is 0 Å². The van der Waals surface area contributed by atoms with E-state index in [0.717, 1.165) is 6.20 Å². The Bertz CT molecular complexity index is 1190. The van der Waals surface area contributed by atoms with Crippen molar-refractivity contribution in [2.75, 3.05) is 24.6 Å². The van der Waals surface area contributed by atoms with Gasteiger partial charge in [0.05, 0.1) is 36.8 Å². The monoisotopic (exact) mass is 519 g/mol. The SMILES string of the molecule is O=C(C1CSC1)N1CC(F)(c2ccc(C3=NOC(c4cc(F)c(F)c(F)c4)(C(F)(F)F)C3)cn2)C1. The third kappa shape index (κ3) is 3.83. The van der Waals surface area contributed by atoms with Gasteiger partial charge in [-0.3, -0.25) is 9.78 Å². The molecule has 0 spiro atoms. The van der Waals surface area contributed by atoms with E-state index in [4.69, 9.17) is 0 Å². The van der Waals surface area contributed by atoms with Crippen molar-refractivity contribution in [2.45, 2.75) is 23.9 Å². The molecule has 2 fully saturated rings. The van der Waals surface area contributed by atoms with Crippen LogP contribution < -0.4 is 0 Å².